The van der Waals surface area contributed by atoms with Crippen molar-refractivity contribution < 1.29 is 43.1 Å². The number of carboxylic acid groups (broad SMARTS) is 1. The van der Waals surface area contributed by atoms with E-state index in [1.807, 2.05) is 0 Å². The van der Waals surface area contributed by atoms with Crippen LogP contribution in [0.5, 0.6) is 0 Å². The maximum absolute atomic E-state index is 13.2. The summed E-state index contributed by atoms with van der Waals surface area (Å²) in [5.74, 6) is -3.26. The van der Waals surface area contributed by atoms with Crippen LogP contribution in [0.1, 0.15) is 84.9 Å². The molecular formula is C26H32O9. The average molecular weight is 489 g/mol. The molecule has 3 heterocycles. The quantitative estimate of drug-likeness (QED) is 0.633. The van der Waals surface area contributed by atoms with E-state index in [-0.39, 0.29) is 11.1 Å². The number of rotatable bonds is 4. The minimum Gasteiger partial charge on any atom is -0.478 e. The van der Waals surface area contributed by atoms with Gasteiger partial charge in [-0.05, 0) is 37.8 Å². The van der Waals surface area contributed by atoms with Crippen LogP contribution >= 0.6 is 0 Å². The molecule has 5 atom stereocenters. The van der Waals surface area contributed by atoms with Crippen LogP contribution in [0.2, 0.25) is 0 Å². The second-order valence-electron chi connectivity index (χ2n) is 10.3. The lowest BCUT2D eigenvalue weighted by Crippen LogP contribution is -2.46. The monoisotopic (exact) mass is 488 g/mol. The van der Waals surface area contributed by atoms with Gasteiger partial charge in [0.15, 0.2) is 30.1 Å². The van der Waals surface area contributed by atoms with Crippen LogP contribution in [0.15, 0.2) is 24.3 Å². The molecule has 1 aromatic rings. The molecule has 2 aliphatic carbocycles. The Morgan fingerprint density at radius 2 is 1.49 bits per heavy atom. The predicted octanol–water partition coefficient (Wildman–Crippen LogP) is 3.79. The molecule has 5 fully saturated rings. The molecule has 2 spiro atoms. The topological polar surface area (TPSA) is 110 Å². The molecule has 0 aromatic heterocycles. The lowest BCUT2D eigenvalue weighted by atomic mass is 9.94. The largest absolute Gasteiger partial charge is 0.478 e. The molecule has 6 rings (SSSR count). The summed E-state index contributed by atoms with van der Waals surface area (Å²) < 4.78 is 37.5. The van der Waals surface area contributed by atoms with Crippen molar-refractivity contribution in [1.82, 2.24) is 0 Å². The highest BCUT2D eigenvalue weighted by molar-refractivity contribution is 6.02. The summed E-state index contributed by atoms with van der Waals surface area (Å²) in [6, 6.07) is 6.03. The molecule has 9 nitrogen and oxygen atoms in total. The van der Waals surface area contributed by atoms with Crippen LogP contribution in [-0.2, 0) is 28.4 Å². The predicted molar refractivity (Wildman–Crippen MR) is 120 cm³/mol. The van der Waals surface area contributed by atoms with Gasteiger partial charge in [-0.1, -0.05) is 25.0 Å². The first-order valence-corrected chi connectivity index (χ1v) is 12.8. The van der Waals surface area contributed by atoms with Crippen LogP contribution in [0.3, 0.4) is 0 Å². The van der Waals surface area contributed by atoms with Crippen LogP contribution < -0.4 is 0 Å². The molecule has 0 bridgehead atoms. The van der Waals surface area contributed by atoms with Crippen molar-refractivity contribution in [3.8, 4) is 0 Å². The second-order valence-corrected chi connectivity index (χ2v) is 10.3. The first-order valence-electron chi connectivity index (χ1n) is 12.8. The van der Waals surface area contributed by atoms with Gasteiger partial charge in [-0.3, -0.25) is 0 Å². The second kappa shape index (κ2) is 9.12. The highest BCUT2D eigenvalue weighted by Crippen LogP contribution is 2.48. The Balaban J connectivity index is 1.25. The lowest BCUT2D eigenvalue weighted by Gasteiger charge is -2.35. The lowest BCUT2D eigenvalue weighted by molar-refractivity contribution is -0.259. The summed E-state index contributed by atoms with van der Waals surface area (Å²) >= 11 is 0. The first kappa shape index (κ1) is 23.4. The number of esters is 1. The molecular weight excluding hydrogens is 456 g/mol. The SMILES string of the molecule is O=C(O)c1ccccc1C(=O)O[C@@H]1[C@H]2OC3(CCCCC3)O[C@H]2O[C@@H]1[C@H]1COC2(CCCCC2)O1. The summed E-state index contributed by atoms with van der Waals surface area (Å²) in [6.45, 7) is 0.328. The third-order valence-electron chi connectivity index (χ3n) is 7.98. The van der Waals surface area contributed by atoms with Crippen molar-refractivity contribution in [1.29, 1.82) is 0 Å². The van der Waals surface area contributed by atoms with E-state index in [2.05, 4.69) is 0 Å². The van der Waals surface area contributed by atoms with Crippen molar-refractivity contribution >= 4 is 11.9 Å². The van der Waals surface area contributed by atoms with E-state index in [0.717, 1.165) is 64.2 Å². The van der Waals surface area contributed by atoms with Gasteiger partial charge in [0.25, 0.3) is 0 Å². The molecule has 3 saturated heterocycles. The molecule has 5 aliphatic rings. The van der Waals surface area contributed by atoms with Crippen LogP contribution in [0.4, 0.5) is 0 Å². The van der Waals surface area contributed by atoms with Crippen LogP contribution in [0, 0.1) is 0 Å². The van der Waals surface area contributed by atoms with Gasteiger partial charge >= 0.3 is 11.9 Å². The molecule has 0 unspecified atom stereocenters. The number of aromatic carboxylic acids is 1. The molecule has 0 amide bonds. The van der Waals surface area contributed by atoms with Crippen LogP contribution in [0.25, 0.3) is 0 Å². The highest BCUT2D eigenvalue weighted by atomic mass is 16.9. The molecule has 190 valence electrons. The Labute approximate surface area is 203 Å². The van der Waals surface area contributed by atoms with Crippen molar-refractivity contribution in [3.05, 3.63) is 35.4 Å². The van der Waals surface area contributed by atoms with E-state index < -0.39 is 54.2 Å². The summed E-state index contributed by atoms with van der Waals surface area (Å²) in [5, 5.41) is 9.54. The van der Waals surface area contributed by atoms with E-state index in [1.54, 1.807) is 12.1 Å². The number of carbonyl (C=O) groups excluding carboxylic acids is 1. The fourth-order valence-electron chi connectivity index (χ4n) is 6.24. The zero-order chi connectivity index (χ0) is 24.0. The summed E-state index contributed by atoms with van der Waals surface area (Å²) in [4.78, 5) is 24.9. The van der Waals surface area contributed by atoms with Gasteiger partial charge in [-0.25, -0.2) is 9.59 Å². The maximum Gasteiger partial charge on any atom is 0.339 e. The fraction of sp³-hybridized carbons (Fsp3) is 0.692. The van der Waals surface area contributed by atoms with E-state index in [4.69, 9.17) is 28.4 Å². The van der Waals surface area contributed by atoms with Gasteiger partial charge in [-0.2, -0.15) is 0 Å². The van der Waals surface area contributed by atoms with Gasteiger partial charge in [0.05, 0.1) is 17.7 Å². The number of fused-ring (bicyclic) bond motifs is 1. The molecule has 9 heteroatoms. The van der Waals surface area contributed by atoms with E-state index in [9.17, 15) is 14.7 Å². The minimum absolute atomic E-state index is 0.0131. The zero-order valence-corrected chi connectivity index (χ0v) is 19.7. The number of hydrogen-bond acceptors (Lipinski definition) is 8. The van der Waals surface area contributed by atoms with E-state index in [0.29, 0.717) is 6.61 Å². The summed E-state index contributed by atoms with van der Waals surface area (Å²) in [5.41, 5.74) is -0.126. The third kappa shape index (κ3) is 4.27. The number of benzene rings is 1. The normalized spacial score (nSPS) is 35.3. The van der Waals surface area contributed by atoms with Crippen molar-refractivity contribution in [2.24, 2.45) is 0 Å². The first-order chi connectivity index (χ1) is 17.0. The Morgan fingerprint density at radius 3 is 2.17 bits per heavy atom. The number of carbonyl (C=O) groups is 2. The Hall–Kier alpha value is -2.04. The molecule has 35 heavy (non-hydrogen) atoms. The third-order valence-corrected chi connectivity index (χ3v) is 7.98. The van der Waals surface area contributed by atoms with Crippen LogP contribution in [-0.4, -0.2) is 65.9 Å². The highest BCUT2D eigenvalue weighted by Gasteiger charge is 2.62. The Bertz CT molecular complexity index is 965. The molecule has 1 N–H and O–H groups in total. The number of carboxylic acids is 1. The van der Waals surface area contributed by atoms with Gasteiger partial charge in [0.2, 0.25) is 0 Å². The summed E-state index contributed by atoms with van der Waals surface area (Å²) in [6.07, 6.45) is 6.37. The molecule has 3 aliphatic heterocycles. The smallest absolute Gasteiger partial charge is 0.339 e. The average Bonchev–Trinajstić information content (AvgIpc) is 3.52. The molecule has 1 aromatic carbocycles. The minimum atomic E-state index is -1.19. The molecule has 2 saturated carbocycles. The fourth-order valence-corrected chi connectivity index (χ4v) is 6.24. The zero-order valence-electron chi connectivity index (χ0n) is 19.7. The van der Waals surface area contributed by atoms with Gasteiger partial charge < -0.3 is 33.5 Å². The summed E-state index contributed by atoms with van der Waals surface area (Å²) in [7, 11) is 0. The van der Waals surface area contributed by atoms with Gasteiger partial charge in [-0.15, -0.1) is 0 Å². The number of hydrogen-bond donors (Lipinski definition) is 1. The van der Waals surface area contributed by atoms with Gasteiger partial charge in [0.1, 0.15) is 12.2 Å². The van der Waals surface area contributed by atoms with E-state index in [1.165, 1.54) is 12.1 Å². The molecule has 0 radical (unpaired) electrons. The standard InChI is InChI=1S/C26H32O9/c27-22(28)16-9-3-4-10-17(16)23(29)31-20-19(18-15-30-25(33-18)11-5-1-6-12-25)32-24-21(20)34-26(35-24)13-7-2-8-14-26/h3-4,9-10,18-21,24H,1-2,5-8,11-15H2,(H,27,28)/t18-,19-,20+,21-,24-/m1/s1. The van der Waals surface area contributed by atoms with Crippen molar-refractivity contribution in [2.75, 3.05) is 6.61 Å². The van der Waals surface area contributed by atoms with Gasteiger partial charge in [0, 0.05) is 25.7 Å². The maximum atomic E-state index is 13.2. The van der Waals surface area contributed by atoms with Crippen molar-refractivity contribution in [2.45, 2.75) is 106 Å². The number of ether oxygens (including phenoxy) is 6. The Morgan fingerprint density at radius 1 is 0.829 bits per heavy atom. The van der Waals surface area contributed by atoms with E-state index >= 15 is 0 Å². The Kier molecular flexibility index (Phi) is 6.09. The van der Waals surface area contributed by atoms with Crippen molar-refractivity contribution in [3.63, 3.8) is 0 Å².